The molecule has 8 heterocycles. The van der Waals surface area contributed by atoms with E-state index in [1.807, 2.05) is 17.2 Å². The molecule has 8 rings (SSSR count). The van der Waals surface area contributed by atoms with E-state index in [0.29, 0.717) is 55.7 Å². The molecule has 4 atom stereocenters. The first-order valence-electron chi connectivity index (χ1n) is 27.9. The highest BCUT2D eigenvalue weighted by molar-refractivity contribution is 7.90. The van der Waals surface area contributed by atoms with Crippen LogP contribution in [-0.2, 0) is 40.6 Å². The van der Waals surface area contributed by atoms with Gasteiger partial charge in [0, 0.05) is 83.7 Å². The van der Waals surface area contributed by atoms with Crippen LogP contribution in [0.4, 0.5) is 24.8 Å². The Hall–Kier alpha value is -6.40. The van der Waals surface area contributed by atoms with Crippen LogP contribution in [0, 0.1) is 24.2 Å². The summed E-state index contributed by atoms with van der Waals surface area (Å²) in [6, 6.07) is 11.0. The van der Waals surface area contributed by atoms with Gasteiger partial charge in [-0.1, -0.05) is 66.3 Å². The summed E-state index contributed by atoms with van der Waals surface area (Å²) in [5.41, 5.74) is -1.94. The number of sulfonamides is 2. The smallest absolute Gasteiger partial charge is 0.397 e. The Balaban J connectivity index is 0.996. The zero-order valence-corrected chi connectivity index (χ0v) is 53.9. The predicted molar refractivity (Wildman–Crippen MR) is 316 cm³/mol. The van der Waals surface area contributed by atoms with Gasteiger partial charge in [-0.05, 0) is 108 Å². The monoisotopic (exact) mass is 1220 g/mol. The van der Waals surface area contributed by atoms with Gasteiger partial charge in [0.2, 0.25) is 5.88 Å². The van der Waals surface area contributed by atoms with Gasteiger partial charge >= 0.3 is 6.18 Å². The minimum Gasteiger partial charge on any atom is -0.476 e. The van der Waals surface area contributed by atoms with Crippen LogP contribution in [0.25, 0.3) is 11.6 Å². The maximum Gasteiger partial charge on any atom is 0.397 e. The van der Waals surface area contributed by atoms with Crippen LogP contribution in [0.1, 0.15) is 114 Å². The number of nitrogens with one attached hydrogen (secondary N) is 2. The van der Waals surface area contributed by atoms with E-state index in [1.165, 1.54) is 57.8 Å². The van der Waals surface area contributed by atoms with Gasteiger partial charge in [0.25, 0.3) is 31.9 Å². The lowest BCUT2D eigenvalue weighted by atomic mass is 9.94. The molecular weight excluding hydrogens is 1150 g/mol. The number of ether oxygens (including phenoxy) is 1. The molecule has 0 aliphatic carbocycles. The number of hydrogen-bond acceptors (Lipinski definition) is 15. The fourth-order valence-electron chi connectivity index (χ4n) is 10.8. The largest absolute Gasteiger partial charge is 0.476 e. The minimum absolute atomic E-state index is 0.0291. The summed E-state index contributed by atoms with van der Waals surface area (Å²) in [4.78, 5) is 42.3. The average Bonchev–Trinajstić information content (AvgIpc) is 4.40. The Morgan fingerprint density at radius 2 is 1.34 bits per heavy atom. The van der Waals surface area contributed by atoms with E-state index in [0.717, 1.165) is 31.6 Å². The molecule has 2 saturated heterocycles. The summed E-state index contributed by atoms with van der Waals surface area (Å²) >= 11 is 0. The van der Waals surface area contributed by atoms with Crippen molar-refractivity contribution in [1.82, 2.24) is 58.5 Å². The van der Waals surface area contributed by atoms with Crippen LogP contribution in [0.3, 0.4) is 0 Å². The summed E-state index contributed by atoms with van der Waals surface area (Å²) in [6.45, 7) is 25.8. The predicted octanol–water partition coefficient (Wildman–Crippen LogP) is 7.87. The summed E-state index contributed by atoms with van der Waals surface area (Å²) in [6.07, 6.45) is 4.08. The van der Waals surface area contributed by atoms with Gasteiger partial charge in [-0.15, -0.1) is 5.10 Å². The van der Waals surface area contributed by atoms with Gasteiger partial charge in [-0.2, -0.15) is 28.5 Å². The lowest BCUT2D eigenvalue weighted by molar-refractivity contribution is -0.219. The first-order chi connectivity index (χ1) is 38.4. The van der Waals surface area contributed by atoms with Crippen LogP contribution in [0.5, 0.6) is 5.88 Å². The first kappa shape index (κ1) is 62.6. The molecular formula is C55H79F3N14O7S2Si2. The molecule has 0 radical (unpaired) electrons. The van der Waals surface area contributed by atoms with Crippen molar-refractivity contribution in [3.8, 4) is 17.5 Å². The van der Waals surface area contributed by atoms with E-state index in [9.17, 15) is 39.6 Å². The number of carbonyl (C=O) groups excluding carboxylic acids is 2. The van der Waals surface area contributed by atoms with Crippen molar-refractivity contribution < 1.29 is 44.3 Å². The van der Waals surface area contributed by atoms with Crippen molar-refractivity contribution in [1.29, 1.82) is 0 Å². The fourth-order valence-corrected chi connectivity index (χ4v) is 16.8. The number of aryl methyl sites for hydroxylation is 4. The number of alkyl halides is 3. The molecule has 2 amide bonds. The minimum atomic E-state index is -4.52. The molecule has 21 nitrogen and oxygen atoms in total. The number of anilines is 2. The van der Waals surface area contributed by atoms with Crippen molar-refractivity contribution in [3.05, 3.63) is 83.7 Å². The van der Waals surface area contributed by atoms with Gasteiger partial charge in [0.1, 0.15) is 36.1 Å². The number of amides is 2. The number of carbonyl (C=O) groups is 2. The van der Waals surface area contributed by atoms with Crippen molar-refractivity contribution >= 4 is 65.7 Å². The Morgan fingerprint density at radius 3 is 1.92 bits per heavy atom. The normalized spacial score (nSPS) is 18.5. The first-order valence-corrected chi connectivity index (χ1v) is 36.7. The number of aromatic nitrogens is 10. The van der Waals surface area contributed by atoms with E-state index >= 15 is 0 Å². The maximum atomic E-state index is 14.4. The van der Waals surface area contributed by atoms with Gasteiger partial charge < -0.3 is 14.5 Å². The molecule has 2 unspecified atom stereocenters. The van der Waals surface area contributed by atoms with Crippen LogP contribution in [0.2, 0.25) is 36.8 Å². The molecule has 83 heavy (non-hydrogen) atoms. The number of hydrogen-bond donors (Lipinski definition) is 2. The molecule has 2 aliphatic rings. The number of rotatable bonds is 20. The SMILES string of the molecule is Cc1nn(C)cc1S(=O)(=O)NC(=O)c1ccc(-n2ccc(OCC(C)(C)C(F)(F)F)n2)nc1N1C[C@@H](C)CC1CC[SiH](C)CCc1nn(C)cc1S(=O)(=O)NC(=O)c1ccc(-n2ccc([Si](C)(C)C(C)(C)C)n2)nc1N1C[C@@H](C)CC1(C)C. The van der Waals surface area contributed by atoms with Crippen molar-refractivity contribution in [2.45, 2.75) is 159 Å². The molecule has 2 aliphatic heterocycles. The molecule has 6 aromatic rings. The van der Waals surface area contributed by atoms with Crippen molar-refractivity contribution in [3.63, 3.8) is 0 Å². The van der Waals surface area contributed by atoms with Crippen LogP contribution >= 0.6 is 0 Å². The second-order valence-electron chi connectivity index (χ2n) is 25.7. The van der Waals surface area contributed by atoms with Crippen molar-refractivity contribution in [2.24, 2.45) is 31.3 Å². The molecule has 0 spiro atoms. The molecule has 2 fully saturated rings. The van der Waals surface area contributed by atoms with E-state index in [2.05, 4.69) is 97.7 Å². The highest BCUT2D eigenvalue weighted by Crippen LogP contribution is 2.41. The second kappa shape index (κ2) is 22.9. The zero-order valence-electron chi connectivity index (χ0n) is 50.1. The highest BCUT2D eigenvalue weighted by atomic mass is 32.2. The third-order valence-electron chi connectivity index (χ3n) is 16.7. The molecule has 0 aromatic carbocycles. The molecule has 6 aromatic heterocycles. The fraction of sp³-hybridized carbons (Fsp3) is 0.564. The Labute approximate surface area is 487 Å². The van der Waals surface area contributed by atoms with Crippen LogP contribution in [-0.4, -0.2) is 132 Å². The van der Waals surface area contributed by atoms with Crippen LogP contribution < -0.4 is 29.3 Å². The highest BCUT2D eigenvalue weighted by Gasteiger charge is 2.48. The molecule has 2 N–H and O–H groups in total. The second-order valence-corrected chi connectivity index (χ2v) is 37.6. The lowest BCUT2D eigenvalue weighted by Crippen LogP contribution is -2.50. The zero-order chi connectivity index (χ0) is 61.2. The lowest BCUT2D eigenvalue weighted by Gasteiger charge is -2.35. The summed E-state index contributed by atoms with van der Waals surface area (Å²) in [5.74, 6) is -0.138. The molecule has 0 saturated carbocycles. The maximum absolute atomic E-state index is 14.4. The molecule has 452 valence electrons. The molecule has 28 heteroatoms. The standard InChI is InChI=1S/C55H79F3N14O7S2Si2/c1-35-28-38(69(30-35)48-39(50(73)65-80(75,76)42-32-67(11)61-37(42)3)16-18-44(59-48)71-24-20-46(63-71)79-34-53(7,8)55(56,57)58)22-26-82(13)27-23-41-43(33-68(12)62-41)81(77,78)66-51(74)40-17-19-45(60-49(40)70-31-36(2)29-54(70,9)10)72-25-21-47(64-72)83(14,15)52(4,5)6/h16-21,24-25,32-33,35-36,38,82H,22-23,26-31,34H2,1-15H3,(H,65,73)(H,66,74)/t35-,36-,38?,82?/m0/s1. The van der Waals surface area contributed by atoms with E-state index < -0.39 is 66.9 Å². The van der Waals surface area contributed by atoms with E-state index in [-0.39, 0.29) is 72.6 Å². The van der Waals surface area contributed by atoms with E-state index in [1.54, 1.807) is 30.9 Å². The van der Waals surface area contributed by atoms with E-state index in [4.69, 9.17) is 19.8 Å². The number of nitrogens with zero attached hydrogens (tertiary/aromatic N) is 12. The number of pyridine rings is 2. The van der Waals surface area contributed by atoms with Gasteiger partial charge in [0.05, 0.1) is 27.9 Å². The number of halogens is 3. The van der Waals surface area contributed by atoms with Gasteiger partial charge in [-0.3, -0.25) is 19.0 Å². The van der Waals surface area contributed by atoms with Crippen molar-refractivity contribution in [2.75, 3.05) is 29.5 Å². The Bertz CT molecular complexity index is 3630. The Kier molecular flexibility index (Phi) is 17.3. The quantitative estimate of drug-likeness (QED) is 0.0692. The topological polar surface area (TPSA) is 239 Å². The third kappa shape index (κ3) is 13.4. The summed E-state index contributed by atoms with van der Waals surface area (Å²) < 4.78 is 113. The third-order valence-corrected chi connectivity index (χ3v) is 27.4. The summed E-state index contributed by atoms with van der Waals surface area (Å²) in [7, 11) is -9.28. The summed E-state index contributed by atoms with van der Waals surface area (Å²) in [5, 5.41) is 19.1. The Morgan fingerprint density at radius 1 is 0.771 bits per heavy atom. The van der Waals surface area contributed by atoms with Gasteiger partial charge in [0.15, 0.2) is 11.6 Å². The van der Waals surface area contributed by atoms with Gasteiger partial charge in [-0.25, -0.2) is 45.6 Å². The molecule has 0 bridgehead atoms. The van der Waals surface area contributed by atoms with Crippen LogP contribution in [0.15, 0.2) is 71.0 Å². The average molecular weight is 1230 g/mol.